The van der Waals surface area contributed by atoms with Crippen molar-refractivity contribution in [2.24, 2.45) is 0 Å². The third-order valence-electron chi connectivity index (χ3n) is 3.93. The number of amides is 1. The van der Waals surface area contributed by atoms with Crippen LogP contribution in [0.15, 0.2) is 42.5 Å². The van der Waals surface area contributed by atoms with Crippen LogP contribution in [0.5, 0.6) is 0 Å². The van der Waals surface area contributed by atoms with E-state index in [-0.39, 0.29) is 5.91 Å². The summed E-state index contributed by atoms with van der Waals surface area (Å²) in [4.78, 5) is 14.6. The maximum Gasteiger partial charge on any atom is 0.257 e. The molecule has 0 bridgehead atoms. The second-order valence-corrected chi connectivity index (χ2v) is 6.44. The van der Waals surface area contributed by atoms with Crippen molar-refractivity contribution in [1.29, 1.82) is 0 Å². The van der Waals surface area contributed by atoms with E-state index in [2.05, 4.69) is 10.2 Å². The number of halogens is 2. The minimum absolute atomic E-state index is 0.252. The highest BCUT2D eigenvalue weighted by molar-refractivity contribution is 6.34. The number of hydrogen-bond donors (Lipinski definition) is 1. The number of benzene rings is 2. The molecule has 1 amide bonds. The van der Waals surface area contributed by atoms with Gasteiger partial charge in [-0.1, -0.05) is 41.4 Å². The topological polar surface area (TPSA) is 41.6 Å². The fraction of sp³-hybridized carbons (Fsp3) is 0.278. The average Bonchev–Trinajstić information content (AvgIpc) is 2.58. The predicted molar refractivity (Wildman–Crippen MR) is 97.0 cm³/mol. The first-order chi connectivity index (χ1) is 11.6. The Balaban J connectivity index is 1.68. The Morgan fingerprint density at radius 2 is 1.83 bits per heavy atom. The molecule has 0 saturated carbocycles. The van der Waals surface area contributed by atoms with Crippen molar-refractivity contribution < 1.29 is 9.53 Å². The van der Waals surface area contributed by atoms with Gasteiger partial charge >= 0.3 is 0 Å². The van der Waals surface area contributed by atoms with Gasteiger partial charge in [-0.25, -0.2) is 0 Å². The van der Waals surface area contributed by atoms with E-state index in [1.54, 1.807) is 30.3 Å². The summed E-state index contributed by atoms with van der Waals surface area (Å²) < 4.78 is 5.35. The van der Waals surface area contributed by atoms with Crippen LogP contribution in [0.2, 0.25) is 10.0 Å². The first-order valence-corrected chi connectivity index (χ1v) is 8.53. The van der Waals surface area contributed by atoms with Crippen LogP contribution in [0.25, 0.3) is 0 Å². The van der Waals surface area contributed by atoms with Crippen LogP contribution >= 0.6 is 23.2 Å². The lowest BCUT2D eigenvalue weighted by atomic mass is 10.1. The van der Waals surface area contributed by atoms with Crippen LogP contribution in [-0.2, 0) is 11.3 Å². The van der Waals surface area contributed by atoms with Crippen LogP contribution in [-0.4, -0.2) is 37.1 Å². The lowest BCUT2D eigenvalue weighted by Crippen LogP contribution is -2.35. The summed E-state index contributed by atoms with van der Waals surface area (Å²) in [5.41, 5.74) is 2.12. The Morgan fingerprint density at radius 3 is 2.54 bits per heavy atom. The Labute approximate surface area is 151 Å². The number of nitrogens with one attached hydrogen (secondary N) is 1. The van der Waals surface area contributed by atoms with Crippen LogP contribution < -0.4 is 5.32 Å². The molecule has 0 spiro atoms. The van der Waals surface area contributed by atoms with Gasteiger partial charge < -0.3 is 10.1 Å². The number of ether oxygens (including phenoxy) is 1. The summed E-state index contributed by atoms with van der Waals surface area (Å²) in [5.74, 6) is -0.252. The SMILES string of the molecule is O=C(Nc1ccc(CN2CCOCC2)c(Cl)c1)c1ccccc1Cl. The maximum atomic E-state index is 12.3. The largest absolute Gasteiger partial charge is 0.379 e. The number of nitrogens with zero attached hydrogens (tertiary/aromatic N) is 1. The van der Waals surface area contributed by atoms with E-state index in [9.17, 15) is 4.79 Å². The molecular weight excluding hydrogens is 347 g/mol. The maximum absolute atomic E-state index is 12.3. The zero-order valence-electron chi connectivity index (χ0n) is 13.1. The second kappa shape index (κ2) is 7.99. The van der Waals surface area contributed by atoms with Gasteiger partial charge in [-0.05, 0) is 29.8 Å². The molecule has 4 nitrogen and oxygen atoms in total. The number of rotatable bonds is 4. The molecule has 1 aliphatic rings. The smallest absolute Gasteiger partial charge is 0.257 e. The molecule has 0 radical (unpaired) electrons. The molecule has 2 aromatic rings. The van der Waals surface area contributed by atoms with Crippen molar-refractivity contribution in [2.45, 2.75) is 6.54 Å². The highest BCUT2D eigenvalue weighted by atomic mass is 35.5. The molecule has 1 aliphatic heterocycles. The lowest BCUT2D eigenvalue weighted by molar-refractivity contribution is 0.0342. The molecule has 2 aromatic carbocycles. The molecule has 0 unspecified atom stereocenters. The van der Waals surface area contributed by atoms with Gasteiger partial charge in [-0.3, -0.25) is 9.69 Å². The number of anilines is 1. The van der Waals surface area contributed by atoms with Crippen LogP contribution in [0, 0.1) is 0 Å². The third-order valence-corrected chi connectivity index (χ3v) is 4.61. The zero-order chi connectivity index (χ0) is 16.9. The van der Waals surface area contributed by atoms with E-state index in [1.807, 2.05) is 12.1 Å². The molecule has 0 aliphatic carbocycles. The second-order valence-electron chi connectivity index (χ2n) is 5.63. The molecule has 1 saturated heterocycles. The molecule has 3 rings (SSSR count). The summed E-state index contributed by atoms with van der Waals surface area (Å²) in [6.07, 6.45) is 0. The minimum atomic E-state index is -0.252. The quantitative estimate of drug-likeness (QED) is 0.888. The summed E-state index contributed by atoms with van der Waals surface area (Å²) in [6, 6.07) is 12.5. The molecule has 1 heterocycles. The van der Waals surface area contributed by atoms with Crippen LogP contribution in [0.1, 0.15) is 15.9 Å². The van der Waals surface area contributed by atoms with Crippen molar-refractivity contribution in [3.05, 3.63) is 63.6 Å². The Kier molecular flexibility index (Phi) is 5.74. The predicted octanol–water partition coefficient (Wildman–Crippen LogP) is 4.08. The van der Waals surface area contributed by atoms with Crippen LogP contribution in [0.3, 0.4) is 0 Å². The monoisotopic (exact) mass is 364 g/mol. The van der Waals surface area contributed by atoms with E-state index in [0.717, 1.165) is 38.4 Å². The van der Waals surface area contributed by atoms with E-state index >= 15 is 0 Å². The lowest BCUT2D eigenvalue weighted by Gasteiger charge is -2.27. The van der Waals surface area contributed by atoms with Gasteiger partial charge in [-0.15, -0.1) is 0 Å². The van der Waals surface area contributed by atoms with E-state index < -0.39 is 0 Å². The Hall–Kier alpha value is -1.59. The standard InChI is InChI=1S/C18H18Cl2N2O2/c19-16-4-2-1-3-15(16)18(23)21-14-6-5-13(17(20)11-14)12-22-7-9-24-10-8-22/h1-6,11H,7-10,12H2,(H,21,23). The molecule has 1 fully saturated rings. The number of carbonyl (C=O) groups excluding carboxylic acids is 1. The summed E-state index contributed by atoms with van der Waals surface area (Å²) in [5, 5.41) is 3.89. The molecule has 1 N–H and O–H groups in total. The van der Waals surface area contributed by atoms with Crippen molar-refractivity contribution >= 4 is 34.8 Å². The molecule has 6 heteroatoms. The van der Waals surface area contributed by atoms with Gasteiger partial charge in [-0.2, -0.15) is 0 Å². The average molecular weight is 365 g/mol. The van der Waals surface area contributed by atoms with Gasteiger partial charge in [0.15, 0.2) is 0 Å². The van der Waals surface area contributed by atoms with Crippen LogP contribution in [0.4, 0.5) is 5.69 Å². The molecule has 24 heavy (non-hydrogen) atoms. The fourth-order valence-electron chi connectivity index (χ4n) is 2.60. The minimum Gasteiger partial charge on any atom is -0.379 e. The first kappa shape index (κ1) is 17.2. The van der Waals surface area contributed by atoms with E-state index in [4.69, 9.17) is 27.9 Å². The highest BCUT2D eigenvalue weighted by Crippen LogP contribution is 2.24. The van der Waals surface area contributed by atoms with E-state index in [0.29, 0.717) is 21.3 Å². The summed E-state index contributed by atoms with van der Waals surface area (Å²) in [7, 11) is 0. The van der Waals surface area contributed by atoms with Crippen molar-refractivity contribution in [1.82, 2.24) is 4.90 Å². The van der Waals surface area contributed by atoms with E-state index in [1.165, 1.54) is 0 Å². The summed E-state index contributed by atoms with van der Waals surface area (Å²) >= 11 is 12.4. The normalized spacial score (nSPS) is 15.2. The number of carbonyl (C=O) groups is 1. The van der Waals surface area contributed by atoms with Gasteiger partial charge in [0.05, 0.1) is 23.8 Å². The molecule has 126 valence electrons. The Bertz CT molecular complexity index is 731. The highest BCUT2D eigenvalue weighted by Gasteiger charge is 2.14. The third kappa shape index (κ3) is 4.28. The first-order valence-electron chi connectivity index (χ1n) is 7.78. The Morgan fingerprint density at radius 1 is 1.08 bits per heavy atom. The van der Waals surface area contributed by atoms with Crippen molar-refractivity contribution in [2.75, 3.05) is 31.6 Å². The molecule has 0 aromatic heterocycles. The van der Waals surface area contributed by atoms with Gasteiger partial charge in [0, 0.05) is 30.3 Å². The summed E-state index contributed by atoms with van der Waals surface area (Å²) in [6.45, 7) is 4.09. The van der Waals surface area contributed by atoms with Gasteiger partial charge in [0.25, 0.3) is 5.91 Å². The number of hydrogen-bond acceptors (Lipinski definition) is 3. The fourth-order valence-corrected chi connectivity index (χ4v) is 3.06. The molecular formula is C18H18Cl2N2O2. The van der Waals surface area contributed by atoms with Gasteiger partial charge in [0.1, 0.15) is 0 Å². The van der Waals surface area contributed by atoms with Crippen molar-refractivity contribution in [3.8, 4) is 0 Å². The number of morpholine rings is 1. The zero-order valence-corrected chi connectivity index (χ0v) is 14.6. The van der Waals surface area contributed by atoms with Gasteiger partial charge in [0.2, 0.25) is 0 Å². The van der Waals surface area contributed by atoms with Crippen molar-refractivity contribution in [3.63, 3.8) is 0 Å². The molecule has 0 atom stereocenters.